The van der Waals surface area contributed by atoms with E-state index in [4.69, 9.17) is 4.74 Å². The number of carbonyl (C=O) groups is 1. The lowest BCUT2D eigenvalue weighted by Crippen LogP contribution is -2.27. The summed E-state index contributed by atoms with van der Waals surface area (Å²) in [6, 6.07) is 5.71. The molecule has 0 spiro atoms. The van der Waals surface area contributed by atoms with Crippen LogP contribution in [0.4, 0.5) is 0 Å². The van der Waals surface area contributed by atoms with Gasteiger partial charge in [-0.3, -0.25) is 9.00 Å². The van der Waals surface area contributed by atoms with Crippen LogP contribution in [0.3, 0.4) is 0 Å². The van der Waals surface area contributed by atoms with Gasteiger partial charge < -0.3 is 4.74 Å². The maximum absolute atomic E-state index is 12.3. The van der Waals surface area contributed by atoms with Crippen molar-refractivity contribution in [2.75, 3.05) is 12.9 Å². The lowest BCUT2D eigenvalue weighted by atomic mass is 10.3. The molecule has 112 valence electrons. The molecule has 0 radical (unpaired) electrons. The summed E-state index contributed by atoms with van der Waals surface area (Å²) in [4.78, 5) is 12.3. The minimum atomic E-state index is -3.29. The first kappa shape index (κ1) is 16.8. The zero-order valence-electron chi connectivity index (χ0n) is 11.7. The normalized spacial score (nSPS) is 14.6. The third-order valence-electron chi connectivity index (χ3n) is 2.66. The largest absolute Gasteiger partial charge is 0.465 e. The molecule has 1 aromatic rings. The Labute approximate surface area is 121 Å². The van der Waals surface area contributed by atoms with Crippen molar-refractivity contribution in [3.63, 3.8) is 0 Å². The molecule has 0 aliphatic rings. The van der Waals surface area contributed by atoms with Gasteiger partial charge in [0, 0.05) is 11.2 Å². The van der Waals surface area contributed by atoms with E-state index in [9.17, 15) is 17.4 Å². The number of sulfone groups is 1. The predicted octanol–water partition coefficient (Wildman–Crippen LogP) is 1.54. The Hall–Kier alpha value is -1.21. The average Bonchev–Trinajstić information content (AvgIpc) is 2.39. The molecule has 1 aromatic carbocycles. The Bertz CT molecular complexity index is 590. The molecule has 5 nitrogen and oxygen atoms in total. The van der Waals surface area contributed by atoms with E-state index >= 15 is 0 Å². The summed E-state index contributed by atoms with van der Waals surface area (Å²) in [7, 11) is -4.84. The summed E-state index contributed by atoms with van der Waals surface area (Å²) < 4.78 is 39.9. The van der Waals surface area contributed by atoms with Gasteiger partial charge in [0.25, 0.3) is 0 Å². The lowest BCUT2D eigenvalue weighted by molar-refractivity contribution is -0.142. The first-order chi connectivity index (χ1) is 9.31. The van der Waals surface area contributed by atoms with E-state index in [-0.39, 0.29) is 11.5 Å². The van der Waals surface area contributed by atoms with Gasteiger partial charge >= 0.3 is 5.97 Å². The first-order valence-corrected chi connectivity index (χ1v) is 9.29. The van der Waals surface area contributed by atoms with Gasteiger partial charge in [-0.15, -0.1) is 0 Å². The highest BCUT2D eigenvalue weighted by molar-refractivity contribution is 7.90. The van der Waals surface area contributed by atoms with E-state index < -0.39 is 31.9 Å². The van der Waals surface area contributed by atoms with E-state index in [1.54, 1.807) is 13.8 Å². The van der Waals surface area contributed by atoms with Crippen molar-refractivity contribution in [2.45, 2.75) is 35.3 Å². The molecule has 7 heteroatoms. The van der Waals surface area contributed by atoms with Crippen LogP contribution in [0.25, 0.3) is 0 Å². The zero-order valence-corrected chi connectivity index (χ0v) is 13.3. The maximum atomic E-state index is 12.3. The Morgan fingerprint density at radius 3 is 2.20 bits per heavy atom. The van der Waals surface area contributed by atoms with Crippen LogP contribution in [-0.4, -0.2) is 36.7 Å². The second kappa shape index (κ2) is 6.99. The molecular weight excluding hydrogens is 300 g/mol. The minimum Gasteiger partial charge on any atom is -0.465 e. The van der Waals surface area contributed by atoms with Crippen molar-refractivity contribution in [2.24, 2.45) is 0 Å². The van der Waals surface area contributed by atoms with Crippen LogP contribution >= 0.6 is 0 Å². The third-order valence-corrected chi connectivity index (χ3v) is 5.57. The molecule has 0 aromatic heterocycles. The van der Waals surface area contributed by atoms with Crippen molar-refractivity contribution in [3.8, 4) is 0 Å². The highest BCUT2D eigenvalue weighted by atomic mass is 32.2. The number of benzene rings is 1. The topological polar surface area (TPSA) is 77.5 Å². The van der Waals surface area contributed by atoms with Crippen molar-refractivity contribution < 1.29 is 22.2 Å². The van der Waals surface area contributed by atoms with E-state index in [0.29, 0.717) is 11.3 Å². The molecule has 2 unspecified atom stereocenters. The monoisotopic (exact) mass is 318 g/mol. The van der Waals surface area contributed by atoms with E-state index in [1.165, 1.54) is 24.3 Å². The van der Waals surface area contributed by atoms with Crippen molar-refractivity contribution >= 4 is 26.6 Å². The van der Waals surface area contributed by atoms with Gasteiger partial charge in [-0.05, 0) is 37.6 Å². The number of esters is 1. The predicted molar refractivity (Wildman–Crippen MR) is 76.7 cm³/mol. The van der Waals surface area contributed by atoms with Gasteiger partial charge in [-0.25, -0.2) is 8.42 Å². The molecule has 0 saturated heterocycles. The summed E-state index contributed by atoms with van der Waals surface area (Å²) in [5.74, 6) is -0.500. The van der Waals surface area contributed by atoms with Crippen molar-refractivity contribution in [3.05, 3.63) is 24.3 Å². The van der Waals surface area contributed by atoms with Gasteiger partial charge in [0.05, 0.1) is 22.3 Å². The van der Waals surface area contributed by atoms with Crippen molar-refractivity contribution in [1.29, 1.82) is 0 Å². The smallest absolute Gasteiger partial charge is 0.322 e. The van der Waals surface area contributed by atoms with Gasteiger partial charge in [-0.1, -0.05) is 6.92 Å². The van der Waals surface area contributed by atoms with Crippen LogP contribution in [-0.2, 0) is 30.2 Å². The average molecular weight is 318 g/mol. The Balaban J connectivity index is 2.99. The molecule has 20 heavy (non-hydrogen) atoms. The lowest BCUT2D eigenvalue weighted by Gasteiger charge is -2.13. The number of hydrogen-bond donors (Lipinski definition) is 0. The SMILES string of the molecule is CCOC(=O)C(CC)S(=O)c1ccc(S(C)(=O)=O)cc1. The molecular formula is C13H18O5S2. The van der Waals surface area contributed by atoms with E-state index in [1.807, 2.05) is 0 Å². The summed E-state index contributed by atoms with van der Waals surface area (Å²) in [5, 5.41) is -0.737. The summed E-state index contributed by atoms with van der Waals surface area (Å²) in [5.41, 5.74) is 0. The molecule has 0 fully saturated rings. The fourth-order valence-corrected chi connectivity index (χ4v) is 3.53. The molecule has 0 aliphatic carbocycles. The number of carbonyl (C=O) groups excluding carboxylic acids is 1. The quantitative estimate of drug-likeness (QED) is 0.744. The van der Waals surface area contributed by atoms with E-state index in [2.05, 4.69) is 0 Å². The van der Waals surface area contributed by atoms with Crippen LogP contribution in [0.1, 0.15) is 20.3 Å². The summed E-state index contributed by atoms with van der Waals surface area (Å²) in [6.07, 6.45) is 1.49. The Morgan fingerprint density at radius 2 is 1.80 bits per heavy atom. The molecule has 0 N–H and O–H groups in total. The van der Waals surface area contributed by atoms with Gasteiger partial charge in [0.2, 0.25) is 0 Å². The molecule has 0 saturated carbocycles. The minimum absolute atomic E-state index is 0.155. The fraction of sp³-hybridized carbons (Fsp3) is 0.462. The standard InChI is InChI=1S/C13H18O5S2/c1-4-12(13(14)18-5-2)19(15)10-6-8-11(9-7-10)20(3,16)17/h6-9,12H,4-5H2,1-3H3. The second-order valence-corrected chi connectivity index (χ2v) is 7.84. The summed E-state index contributed by atoms with van der Waals surface area (Å²) >= 11 is 0. The zero-order chi connectivity index (χ0) is 15.3. The Morgan fingerprint density at radius 1 is 1.25 bits per heavy atom. The van der Waals surface area contributed by atoms with E-state index in [0.717, 1.165) is 6.26 Å². The van der Waals surface area contributed by atoms with Gasteiger partial charge in [-0.2, -0.15) is 0 Å². The molecule has 0 heterocycles. The van der Waals surface area contributed by atoms with Crippen LogP contribution in [0, 0.1) is 0 Å². The van der Waals surface area contributed by atoms with Crippen molar-refractivity contribution in [1.82, 2.24) is 0 Å². The van der Waals surface area contributed by atoms with Gasteiger partial charge in [0.1, 0.15) is 5.25 Å². The number of rotatable bonds is 6. The van der Waals surface area contributed by atoms with Crippen LogP contribution in [0.5, 0.6) is 0 Å². The van der Waals surface area contributed by atoms with Crippen LogP contribution in [0.2, 0.25) is 0 Å². The third kappa shape index (κ3) is 4.14. The highest BCUT2D eigenvalue weighted by Crippen LogP contribution is 2.18. The maximum Gasteiger partial charge on any atom is 0.322 e. The van der Waals surface area contributed by atoms with Crippen LogP contribution in [0.15, 0.2) is 34.1 Å². The molecule has 2 atom stereocenters. The molecule has 1 rings (SSSR count). The summed E-state index contributed by atoms with van der Waals surface area (Å²) in [6.45, 7) is 3.68. The number of ether oxygens (including phenoxy) is 1. The molecule has 0 bridgehead atoms. The highest BCUT2D eigenvalue weighted by Gasteiger charge is 2.26. The Kier molecular flexibility index (Phi) is 5.88. The van der Waals surface area contributed by atoms with Gasteiger partial charge in [0.15, 0.2) is 9.84 Å². The molecule has 0 amide bonds. The second-order valence-electron chi connectivity index (χ2n) is 4.19. The fourth-order valence-electron chi connectivity index (χ4n) is 1.63. The van der Waals surface area contributed by atoms with Crippen LogP contribution < -0.4 is 0 Å². The first-order valence-electron chi connectivity index (χ1n) is 6.18. The molecule has 0 aliphatic heterocycles. The number of hydrogen-bond acceptors (Lipinski definition) is 5.